The number of para-hydroxylation sites is 1. The van der Waals surface area contributed by atoms with E-state index in [4.69, 9.17) is 11.6 Å². The Balaban J connectivity index is 1.49. The van der Waals surface area contributed by atoms with Crippen LogP contribution < -0.4 is 10.6 Å². The van der Waals surface area contributed by atoms with Gasteiger partial charge < -0.3 is 15.5 Å². The van der Waals surface area contributed by atoms with Crippen molar-refractivity contribution in [3.05, 3.63) is 59.6 Å². The lowest BCUT2D eigenvalue weighted by Crippen LogP contribution is -2.43. The van der Waals surface area contributed by atoms with Gasteiger partial charge in [-0.2, -0.15) is 0 Å². The minimum absolute atomic E-state index is 0.00977. The summed E-state index contributed by atoms with van der Waals surface area (Å²) in [5, 5.41) is 6.44. The highest BCUT2D eigenvalue weighted by Gasteiger charge is 2.29. The molecule has 0 saturated carbocycles. The van der Waals surface area contributed by atoms with Crippen molar-refractivity contribution >= 4 is 34.9 Å². The Morgan fingerprint density at radius 3 is 2.33 bits per heavy atom. The van der Waals surface area contributed by atoms with Gasteiger partial charge in [0, 0.05) is 35.4 Å². The zero-order valence-corrected chi connectivity index (χ0v) is 16.1. The van der Waals surface area contributed by atoms with Gasteiger partial charge in [0.05, 0.1) is 0 Å². The van der Waals surface area contributed by atoms with Crippen LogP contribution in [0, 0.1) is 11.8 Å². The number of amides is 3. The second-order valence-electron chi connectivity index (χ2n) is 6.91. The molecular weight excluding hydrogens is 362 g/mol. The standard InChI is InChI=1S/C21H24ClN3O2/c1-15(20(26)23-19-9-5-6-17(22)14-19)16-10-12-25(13-11-16)21(27)24-18-7-3-2-4-8-18/h2-9,14-16H,10-13H2,1H3,(H,23,26)(H,24,27). The molecule has 0 aromatic heterocycles. The fourth-order valence-electron chi connectivity index (χ4n) is 3.36. The number of likely N-dealkylation sites (tertiary alicyclic amines) is 1. The number of carbonyl (C=O) groups excluding carboxylic acids is 2. The van der Waals surface area contributed by atoms with E-state index in [-0.39, 0.29) is 23.8 Å². The number of nitrogens with zero attached hydrogens (tertiary/aromatic N) is 1. The van der Waals surface area contributed by atoms with E-state index in [0.717, 1.165) is 18.5 Å². The lowest BCUT2D eigenvalue weighted by atomic mass is 9.85. The summed E-state index contributed by atoms with van der Waals surface area (Å²) in [5.41, 5.74) is 1.50. The Morgan fingerprint density at radius 2 is 1.67 bits per heavy atom. The number of anilines is 2. The van der Waals surface area contributed by atoms with Gasteiger partial charge in [-0.3, -0.25) is 4.79 Å². The van der Waals surface area contributed by atoms with Crippen LogP contribution in [0.2, 0.25) is 5.02 Å². The summed E-state index contributed by atoms with van der Waals surface area (Å²) in [6.07, 6.45) is 1.62. The van der Waals surface area contributed by atoms with Gasteiger partial charge in [0.25, 0.3) is 0 Å². The third-order valence-corrected chi connectivity index (χ3v) is 5.30. The van der Waals surface area contributed by atoms with E-state index in [2.05, 4.69) is 10.6 Å². The molecule has 1 saturated heterocycles. The van der Waals surface area contributed by atoms with Crippen molar-refractivity contribution in [3.8, 4) is 0 Å². The minimum atomic E-state index is -0.122. The van der Waals surface area contributed by atoms with Crippen LogP contribution in [-0.4, -0.2) is 29.9 Å². The van der Waals surface area contributed by atoms with Gasteiger partial charge in [-0.05, 0) is 49.1 Å². The molecule has 6 heteroatoms. The summed E-state index contributed by atoms with van der Waals surface area (Å²) < 4.78 is 0. The molecular formula is C21H24ClN3O2. The quantitative estimate of drug-likeness (QED) is 0.789. The second-order valence-corrected chi connectivity index (χ2v) is 7.35. The smallest absolute Gasteiger partial charge is 0.321 e. The number of benzene rings is 2. The summed E-state index contributed by atoms with van der Waals surface area (Å²) in [6.45, 7) is 3.25. The normalized spacial score (nSPS) is 15.9. The maximum atomic E-state index is 12.5. The molecule has 0 aliphatic carbocycles. The topological polar surface area (TPSA) is 61.4 Å². The first-order valence-corrected chi connectivity index (χ1v) is 9.58. The van der Waals surface area contributed by atoms with Gasteiger partial charge >= 0.3 is 6.03 Å². The SMILES string of the molecule is CC(C(=O)Nc1cccc(Cl)c1)C1CCN(C(=O)Nc2ccccc2)CC1. The van der Waals surface area contributed by atoms with Crippen LogP contribution in [0.15, 0.2) is 54.6 Å². The summed E-state index contributed by atoms with van der Waals surface area (Å²) in [4.78, 5) is 26.7. The molecule has 1 aliphatic heterocycles. The van der Waals surface area contributed by atoms with Crippen LogP contribution in [0.1, 0.15) is 19.8 Å². The van der Waals surface area contributed by atoms with Crippen molar-refractivity contribution < 1.29 is 9.59 Å². The molecule has 0 spiro atoms. The van der Waals surface area contributed by atoms with Crippen LogP contribution >= 0.6 is 11.6 Å². The van der Waals surface area contributed by atoms with Crippen molar-refractivity contribution in [1.29, 1.82) is 0 Å². The summed E-state index contributed by atoms with van der Waals surface area (Å²) in [6, 6.07) is 16.5. The first kappa shape index (κ1) is 19.2. The molecule has 3 amide bonds. The lowest BCUT2D eigenvalue weighted by molar-refractivity contribution is -0.121. The lowest BCUT2D eigenvalue weighted by Gasteiger charge is -2.34. The zero-order valence-electron chi connectivity index (χ0n) is 15.3. The highest BCUT2D eigenvalue weighted by Crippen LogP contribution is 2.27. The van der Waals surface area contributed by atoms with E-state index < -0.39 is 0 Å². The fourth-order valence-corrected chi connectivity index (χ4v) is 3.55. The molecule has 2 N–H and O–H groups in total. The Morgan fingerprint density at radius 1 is 1.00 bits per heavy atom. The molecule has 1 fully saturated rings. The van der Waals surface area contributed by atoms with E-state index >= 15 is 0 Å². The molecule has 2 aromatic carbocycles. The minimum Gasteiger partial charge on any atom is -0.326 e. The van der Waals surface area contributed by atoms with Crippen molar-refractivity contribution in [2.45, 2.75) is 19.8 Å². The molecule has 1 unspecified atom stereocenters. The van der Waals surface area contributed by atoms with Gasteiger partial charge in [0.1, 0.15) is 0 Å². The van der Waals surface area contributed by atoms with Gasteiger partial charge in [-0.1, -0.05) is 42.8 Å². The molecule has 3 rings (SSSR count). The number of hydrogen-bond donors (Lipinski definition) is 2. The van der Waals surface area contributed by atoms with E-state index in [9.17, 15) is 9.59 Å². The summed E-state index contributed by atoms with van der Waals surface area (Å²) in [7, 11) is 0. The Labute approximate surface area is 164 Å². The van der Waals surface area contributed by atoms with Crippen LogP contribution in [-0.2, 0) is 4.79 Å². The summed E-state index contributed by atoms with van der Waals surface area (Å²) >= 11 is 5.97. The number of piperidine rings is 1. The number of carbonyl (C=O) groups is 2. The summed E-state index contributed by atoms with van der Waals surface area (Å²) in [5.74, 6) is 0.123. The van der Waals surface area contributed by atoms with E-state index in [1.807, 2.05) is 54.3 Å². The number of rotatable bonds is 4. The highest BCUT2D eigenvalue weighted by molar-refractivity contribution is 6.30. The molecule has 0 radical (unpaired) electrons. The Bertz CT molecular complexity index is 789. The first-order valence-electron chi connectivity index (χ1n) is 9.20. The van der Waals surface area contributed by atoms with E-state index in [0.29, 0.717) is 23.8 Å². The molecule has 0 bridgehead atoms. The molecule has 5 nitrogen and oxygen atoms in total. The van der Waals surface area contributed by atoms with Crippen molar-refractivity contribution in [2.24, 2.45) is 11.8 Å². The number of hydrogen-bond acceptors (Lipinski definition) is 2. The predicted molar refractivity (Wildman–Crippen MR) is 109 cm³/mol. The fraction of sp³-hybridized carbons (Fsp3) is 0.333. The van der Waals surface area contributed by atoms with E-state index in [1.54, 1.807) is 12.1 Å². The van der Waals surface area contributed by atoms with Crippen LogP contribution in [0.25, 0.3) is 0 Å². The molecule has 142 valence electrons. The van der Waals surface area contributed by atoms with Gasteiger partial charge in [-0.15, -0.1) is 0 Å². The molecule has 2 aromatic rings. The van der Waals surface area contributed by atoms with E-state index in [1.165, 1.54) is 0 Å². The van der Waals surface area contributed by atoms with Crippen LogP contribution in [0.3, 0.4) is 0 Å². The maximum absolute atomic E-state index is 12.5. The van der Waals surface area contributed by atoms with Gasteiger partial charge in [-0.25, -0.2) is 4.79 Å². The first-order chi connectivity index (χ1) is 13.0. The highest BCUT2D eigenvalue weighted by atomic mass is 35.5. The molecule has 1 aliphatic rings. The second kappa shape index (κ2) is 8.91. The Hall–Kier alpha value is -2.53. The molecule has 1 atom stereocenters. The third-order valence-electron chi connectivity index (χ3n) is 5.06. The predicted octanol–water partition coefficient (Wildman–Crippen LogP) is 4.86. The van der Waals surface area contributed by atoms with Crippen molar-refractivity contribution in [2.75, 3.05) is 23.7 Å². The third kappa shape index (κ3) is 5.23. The average molecular weight is 386 g/mol. The Kier molecular flexibility index (Phi) is 6.35. The van der Waals surface area contributed by atoms with Crippen molar-refractivity contribution in [3.63, 3.8) is 0 Å². The van der Waals surface area contributed by atoms with Crippen LogP contribution in [0.4, 0.5) is 16.2 Å². The van der Waals surface area contributed by atoms with Gasteiger partial charge in [0.2, 0.25) is 5.91 Å². The average Bonchev–Trinajstić information content (AvgIpc) is 2.68. The number of nitrogens with one attached hydrogen (secondary N) is 2. The van der Waals surface area contributed by atoms with Crippen molar-refractivity contribution in [1.82, 2.24) is 4.90 Å². The molecule has 27 heavy (non-hydrogen) atoms. The number of halogens is 1. The van der Waals surface area contributed by atoms with Crippen LogP contribution in [0.5, 0.6) is 0 Å². The largest absolute Gasteiger partial charge is 0.326 e. The monoisotopic (exact) mass is 385 g/mol. The maximum Gasteiger partial charge on any atom is 0.321 e. The number of urea groups is 1. The van der Waals surface area contributed by atoms with Gasteiger partial charge in [0.15, 0.2) is 0 Å². The zero-order chi connectivity index (χ0) is 19.2. The molecule has 1 heterocycles.